The van der Waals surface area contributed by atoms with Gasteiger partial charge in [-0.2, -0.15) is 11.8 Å². The SMILES string of the molecule is CCNC1COCC1CN1CCSC(CC)C1. The summed E-state index contributed by atoms with van der Waals surface area (Å²) in [7, 11) is 0. The van der Waals surface area contributed by atoms with Gasteiger partial charge in [0.1, 0.15) is 0 Å². The highest BCUT2D eigenvalue weighted by Crippen LogP contribution is 2.23. The molecule has 0 amide bonds. The Labute approximate surface area is 110 Å². The van der Waals surface area contributed by atoms with Gasteiger partial charge in [0.05, 0.1) is 13.2 Å². The number of ether oxygens (including phenoxy) is 1. The van der Waals surface area contributed by atoms with E-state index >= 15 is 0 Å². The molecule has 0 radical (unpaired) electrons. The van der Waals surface area contributed by atoms with Crippen molar-refractivity contribution in [3.8, 4) is 0 Å². The summed E-state index contributed by atoms with van der Waals surface area (Å²) in [6.45, 7) is 11.1. The summed E-state index contributed by atoms with van der Waals surface area (Å²) in [5.74, 6) is 1.99. The number of rotatable bonds is 5. The summed E-state index contributed by atoms with van der Waals surface area (Å²) < 4.78 is 5.62. The average molecular weight is 258 g/mol. The van der Waals surface area contributed by atoms with Crippen LogP contribution in [0.1, 0.15) is 20.3 Å². The third-order valence-electron chi connectivity index (χ3n) is 3.84. The highest BCUT2D eigenvalue weighted by Gasteiger charge is 2.30. The van der Waals surface area contributed by atoms with E-state index in [9.17, 15) is 0 Å². The first-order valence-corrected chi connectivity index (χ1v) is 8.03. The Morgan fingerprint density at radius 1 is 1.35 bits per heavy atom. The predicted molar refractivity (Wildman–Crippen MR) is 74.8 cm³/mol. The van der Waals surface area contributed by atoms with E-state index in [0.717, 1.165) is 25.0 Å². The van der Waals surface area contributed by atoms with Gasteiger partial charge in [0.25, 0.3) is 0 Å². The van der Waals surface area contributed by atoms with E-state index in [0.29, 0.717) is 12.0 Å². The Balaban J connectivity index is 1.79. The highest BCUT2D eigenvalue weighted by atomic mass is 32.2. The first-order valence-electron chi connectivity index (χ1n) is 6.98. The van der Waals surface area contributed by atoms with Crippen LogP contribution < -0.4 is 5.32 Å². The third-order valence-corrected chi connectivity index (χ3v) is 5.21. The lowest BCUT2D eigenvalue weighted by molar-refractivity contribution is 0.168. The first-order chi connectivity index (χ1) is 8.33. The monoisotopic (exact) mass is 258 g/mol. The van der Waals surface area contributed by atoms with Crippen LogP contribution >= 0.6 is 11.8 Å². The van der Waals surface area contributed by atoms with Crippen molar-refractivity contribution >= 4 is 11.8 Å². The van der Waals surface area contributed by atoms with Gasteiger partial charge in [0.2, 0.25) is 0 Å². The normalized spacial score (nSPS) is 35.3. The van der Waals surface area contributed by atoms with Crippen LogP contribution in [0.5, 0.6) is 0 Å². The molecule has 3 nitrogen and oxygen atoms in total. The smallest absolute Gasteiger partial charge is 0.0623 e. The molecule has 0 bridgehead atoms. The molecule has 0 saturated carbocycles. The van der Waals surface area contributed by atoms with Gasteiger partial charge in [0, 0.05) is 42.6 Å². The molecule has 0 aromatic heterocycles. The van der Waals surface area contributed by atoms with Crippen molar-refractivity contribution < 1.29 is 4.74 Å². The molecule has 0 aliphatic carbocycles. The second-order valence-corrected chi connectivity index (χ2v) is 6.53. The second-order valence-electron chi connectivity index (χ2n) is 5.12. The van der Waals surface area contributed by atoms with E-state index in [2.05, 4.69) is 35.8 Å². The minimum Gasteiger partial charge on any atom is -0.379 e. The quantitative estimate of drug-likeness (QED) is 0.806. The van der Waals surface area contributed by atoms with Crippen LogP contribution in [-0.2, 0) is 4.74 Å². The van der Waals surface area contributed by atoms with Crippen molar-refractivity contribution in [1.82, 2.24) is 10.2 Å². The molecule has 2 aliphatic rings. The van der Waals surface area contributed by atoms with Crippen molar-refractivity contribution in [2.75, 3.05) is 45.1 Å². The van der Waals surface area contributed by atoms with Gasteiger partial charge in [0.15, 0.2) is 0 Å². The van der Waals surface area contributed by atoms with Gasteiger partial charge in [-0.25, -0.2) is 0 Å². The molecular formula is C13H26N2OS. The van der Waals surface area contributed by atoms with E-state index in [-0.39, 0.29) is 0 Å². The summed E-state index contributed by atoms with van der Waals surface area (Å²) in [5.41, 5.74) is 0. The zero-order valence-electron chi connectivity index (χ0n) is 11.2. The molecule has 100 valence electrons. The highest BCUT2D eigenvalue weighted by molar-refractivity contribution is 8.00. The Hall–Kier alpha value is 0.230. The van der Waals surface area contributed by atoms with Gasteiger partial charge < -0.3 is 15.0 Å². The van der Waals surface area contributed by atoms with Crippen molar-refractivity contribution in [1.29, 1.82) is 0 Å². The standard InChI is InChI=1S/C13H26N2OS/c1-3-12-8-15(5-6-17-12)7-11-9-16-10-13(11)14-4-2/h11-14H,3-10H2,1-2H3. The zero-order valence-corrected chi connectivity index (χ0v) is 12.0. The Kier molecular flexibility index (Phi) is 5.60. The molecule has 2 aliphatic heterocycles. The van der Waals surface area contributed by atoms with E-state index in [1.54, 1.807) is 0 Å². The van der Waals surface area contributed by atoms with Crippen LogP contribution in [0.15, 0.2) is 0 Å². The predicted octanol–water partition coefficient (Wildman–Crippen LogP) is 1.44. The Morgan fingerprint density at radius 3 is 3.00 bits per heavy atom. The number of thioether (sulfide) groups is 1. The summed E-state index contributed by atoms with van der Waals surface area (Å²) in [4.78, 5) is 2.65. The Bertz CT molecular complexity index is 227. The molecule has 3 unspecified atom stereocenters. The fraction of sp³-hybridized carbons (Fsp3) is 1.00. The van der Waals surface area contributed by atoms with Crippen LogP contribution in [0.25, 0.3) is 0 Å². The zero-order chi connectivity index (χ0) is 12.1. The largest absolute Gasteiger partial charge is 0.379 e. The molecule has 0 aromatic rings. The van der Waals surface area contributed by atoms with Crippen LogP contribution in [0.3, 0.4) is 0 Å². The van der Waals surface area contributed by atoms with Gasteiger partial charge in [-0.05, 0) is 13.0 Å². The van der Waals surface area contributed by atoms with E-state index in [1.807, 2.05) is 0 Å². The summed E-state index contributed by atoms with van der Waals surface area (Å²) in [6.07, 6.45) is 1.30. The number of hydrogen-bond donors (Lipinski definition) is 1. The molecule has 2 fully saturated rings. The average Bonchev–Trinajstić information content (AvgIpc) is 2.78. The minimum absolute atomic E-state index is 0.578. The molecule has 1 N–H and O–H groups in total. The maximum Gasteiger partial charge on any atom is 0.0623 e. The summed E-state index contributed by atoms with van der Waals surface area (Å²) >= 11 is 2.15. The van der Waals surface area contributed by atoms with Crippen LogP contribution in [-0.4, -0.2) is 61.3 Å². The van der Waals surface area contributed by atoms with Gasteiger partial charge in [-0.3, -0.25) is 0 Å². The van der Waals surface area contributed by atoms with E-state index in [4.69, 9.17) is 4.74 Å². The molecule has 0 aromatic carbocycles. The fourth-order valence-corrected chi connectivity index (χ4v) is 4.04. The Morgan fingerprint density at radius 2 is 2.24 bits per heavy atom. The van der Waals surface area contributed by atoms with Crippen molar-refractivity contribution in [3.05, 3.63) is 0 Å². The maximum atomic E-state index is 5.62. The molecule has 2 saturated heterocycles. The summed E-state index contributed by atoms with van der Waals surface area (Å²) in [5, 5.41) is 4.40. The summed E-state index contributed by atoms with van der Waals surface area (Å²) in [6, 6.07) is 0.578. The van der Waals surface area contributed by atoms with Crippen LogP contribution in [0, 0.1) is 5.92 Å². The molecule has 0 spiro atoms. The van der Waals surface area contributed by atoms with E-state index < -0.39 is 0 Å². The number of nitrogens with zero attached hydrogens (tertiary/aromatic N) is 1. The fourth-order valence-electron chi connectivity index (χ4n) is 2.79. The van der Waals surface area contributed by atoms with Gasteiger partial charge >= 0.3 is 0 Å². The van der Waals surface area contributed by atoms with Gasteiger partial charge in [-0.1, -0.05) is 13.8 Å². The second kappa shape index (κ2) is 6.98. The number of likely N-dealkylation sites (N-methyl/N-ethyl adjacent to an activating group) is 1. The molecule has 3 atom stereocenters. The lowest BCUT2D eigenvalue weighted by atomic mass is 10.0. The minimum atomic E-state index is 0.578. The lowest BCUT2D eigenvalue weighted by Crippen LogP contribution is -2.45. The molecule has 2 rings (SSSR count). The number of nitrogens with one attached hydrogen (secondary N) is 1. The molecule has 17 heavy (non-hydrogen) atoms. The van der Waals surface area contributed by atoms with Crippen molar-refractivity contribution in [2.24, 2.45) is 5.92 Å². The topological polar surface area (TPSA) is 24.5 Å². The molecular weight excluding hydrogens is 232 g/mol. The van der Waals surface area contributed by atoms with Crippen LogP contribution in [0.2, 0.25) is 0 Å². The molecule has 2 heterocycles. The van der Waals surface area contributed by atoms with Gasteiger partial charge in [-0.15, -0.1) is 0 Å². The third kappa shape index (κ3) is 3.85. The van der Waals surface area contributed by atoms with Crippen molar-refractivity contribution in [3.63, 3.8) is 0 Å². The van der Waals surface area contributed by atoms with Crippen LogP contribution in [0.4, 0.5) is 0 Å². The number of hydrogen-bond acceptors (Lipinski definition) is 4. The van der Waals surface area contributed by atoms with E-state index in [1.165, 1.54) is 31.8 Å². The van der Waals surface area contributed by atoms with Crippen molar-refractivity contribution in [2.45, 2.75) is 31.6 Å². The molecule has 4 heteroatoms. The first kappa shape index (κ1) is 13.7. The maximum absolute atomic E-state index is 5.62. The lowest BCUT2D eigenvalue weighted by Gasteiger charge is -2.34.